The second-order valence-electron chi connectivity index (χ2n) is 8.91. The Kier molecular flexibility index (Phi) is 6.79. The van der Waals surface area contributed by atoms with Gasteiger partial charge in [-0.25, -0.2) is 4.39 Å². The minimum absolute atomic E-state index is 0.00698. The van der Waals surface area contributed by atoms with E-state index in [2.05, 4.69) is 15.3 Å². The van der Waals surface area contributed by atoms with Gasteiger partial charge in [0.15, 0.2) is 5.69 Å². The SMILES string of the molecule is NCN(C(=O)[C@@H]1C[C@@H](F)CN1C(=O)Cn1nc(C(N)=O)c2cc(-c3ccnnc3)ccc21)c1ccccc1. The predicted molar refractivity (Wildman–Crippen MR) is 137 cm³/mol. The number of hydrogen-bond donors (Lipinski definition) is 2. The van der Waals surface area contributed by atoms with Gasteiger partial charge in [0.05, 0.1) is 31.1 Å². The standard InChI is InChI=1S/C26H25FN8O3/c27-18-11-22(26(38)34(15-28)19-4-2-1-3-5-19)33(13-18)23(36)14-35-21-7-6-16(17-8-9-30-31-12-17)10-20(21)24(32-35)25(29)37/h1-10,12,18,22H,11,13-15,28H2,(H2,29,37)/t18-,22+/m1/s1. The number of rotatable bonds is 7. The molecule has 1 fully saturated rings. The molecule has 2 aromatic heterocycles. The third-order valence-corrected chi connectivity index (χ3v) is 6.56. The van der Waals surface area contributed by atoms with Crippen LogP contribution in [0.5, 0.6) is 0 Å². The van der Waals surface area contributed by atoms with Crippen molar-refractivity contribution in [1.29, 1.82) is 0 Å². The Bertz CT molecular complexity index is 1490. The second-order valence-corrected chi connectivity index (χ2v) is 8.91. The molecule has 1 saturated heterocycles. The first-order valence-electron chi connectivity index (χ1n) is 11.9. The number of carbonyl (C=O) groups is 3. The highest BCUT2D eigenvalue weighted by atomic mass is 19.1. The number of primary amides is 1. The van der Waals surface area contributed by atoms with Crippen LogP contribution in [0.3, 0.4) is 0 Å². The second kappa shape index (κ2) is 10.3. The number of anilines is 1. The normalized spacial score (nSPS) is 17.1. The zero-order valence-corrected chi connectivity index (χ0v) is 20.3. The van der Waals surface area contributed by atoms with Crippen LogP contribution < -0.4 is 16.4 Å². The maximum absolute atomic E-state index is 14.5. The van der Waals surface area contributed by atoms with Crippen molar-refractivity contribution in [3.8, 4) is 11.1 Å². The van der Waals surface area contributed by atoms with E-state index < -0.39 is 29.9 Å². The van der Waals surface area contributed by atoms with Crippen LogP contribution >= 0.6 is 0 Å². The summed E-state index contributed by atoms with van der Waals surface area (Å²) in [4.78, 5) is 41.5. The van der Waals surface area contributed by atoms with Gasteiger partial charge >= 0.3 is 0 Å². The highest BCUT2D eigenvalue weighted by Gasteiger charge is 2.42. The van der Waals surface area contributed by atoms with Crippen LogP contribution in [0.4, 0.5) is 10.1 Å². The summed E-state index contributed by atoms with van der Waals surface area (Å²) in [6.45, 7) is -0.673. The number of likely N-dealkylation sites (tertiary alicyclic amines) is 1. The number of alkyl halides is 1. The smallest absolute Gasteiger partial charge is 0.269 e. The van der Waals surface area contributed by atoms with E-state index in [0.717, 1.165) is 11.1 Å². The lowest BCUT2D eigenvalue weighted by atomic mass is 10.0. The minimum Gasteiger partial charge on any atom is -0.364 e. The average Bonchev–Trinajstić information content (AvgIpc) is 3.50. The molecule has 0 radical (unpaired) electrons. The molecule has 5 rings (SSSR count). The van der Waals surface area contributed by atoms with Gasteiger partial charge in [-0.3, -0.25) is 24.0 Å². The Morgan fingerprint density at radius 2 is 1.84 bits per heavy atom. The number of nitrogens with two attached hydrogens (primary N) is 2. The summed E-state index contributed by atoms with van der Waals surface area (Å²) in [5.74, 6) is -1.74. The molecule has 2 aromatic carbocycles. The van der Waals surface area contributed by atoms with E-state index in [1.165, 1.54) is 14.5 Å². The van der Waals surface area contributed by atoms with E-state index in [9.17, 15) is 18.8 Å². The third kappa shape index (κ3) is 4.68. The fraction of sp³-hybridized carbons (Fsp3) is 0.231. The van der Waals surface area contributed by atoms with Crippen molar-refractivity contribution in [3.05, 3.63) is 72.7 Å². The Morgan fingerprint density at radius 3 is 2.53 bits per heavy atom. The molecule has 194 valence electrons. The maximum Gasteiger partial charge on any atom is 0.269 e. The quantitative estimate of drug-likeness (QED) is 0.353. The molecular formula is C26H25FN8O3. The molecule has 2 atom stereocenters. The summed E-state index contributed by atoms with van der Waals surface area (Å²) in [6.07, 6.45) is 1.63. The number of nitrogens with zero attached hydrogens (tertiary/aromatic N) is 6. The number of benzene rings is 2. The Labute approximate surface area is 216 Å². The van der Waals surface area contributed by atoms with Crippen molar-refractivity contribution in [3.63, 3.8) is 0 Å². The first kappa shape index (κ1) is 25.0. The zero-order valence-electron chi connectivity index (χ0n) is 20.3. The van der Waals surface area contributed by atoms with Crippen LogP contribution in [-0.2, 0) is 16.1 Å². The van der Waals surface area contributed by atoms with Gasteiger partial charge in [0.1, 0.15) is 18.8 Å². The van der Waals surface area contributed by atoms with Gasteiger partial charge in [-0.2, -0.15) is 15.3 Å². The fourth-order valence-corrected chi connectivity index (χ4v) is 4.75. The van der Waals surface area contributed by atoms with Crippen molar-refractivity contribution in [2.45, 2.75) is 25.2 Å². The monoisotopic (exact) mass is 516 g/mol. The van der Waals surface area contributed by atoms with E-state index in [1.54, 1.807) is 67.0 Å². The highest BCUT2D eigenvalue weighted by Crippen LogP contribution is 2.28. The summed E-state index contributed by atoms with van der Waals surface area (Å²) in [6, 6.07) is 14.8. The van der Waals surface area contributed by atoms with Crippen LogP contribution in [0, 0.1) is 0 Å². The maximum atomic E-state index is 14.5. The van der Waals surface area contributed by atoms with Crippen molar-refractivity contribution < 1.29 is 18.8 Å². The number of hydrogen-bond acceptors (Lipinski definition) is 7. The van der Waals surface area contributed by atoms with Gasteiger partial charge in [0.25, 0.3) is 11.8 Å². The van der Waals surface area contributed by atoms with Crippen LogP contribution in [0.2, 0.25) is 0 Å². The number of halogens is 1. The van der Waals surface area contributed by atoms with Crippen molar-refractivity contribution in [2.75, 3.05) is 18.1 Å². The zero-order chi connectivity index (χ0) is 26.8. The lowest BCUT2D eigenvalue weighted by Gasteiger charge is -2.29. The van der Waals surface area contributed by atoms with Crippen molar-refractivity contribution in [2.24, 2.45) is 11.5 Å². The molecule has 11 nitrogen and oxygen atoms in total. The van der Waals surface area contributed by atoms with E-state index >= 15 is 0 Å². The molecule has 3 heterocycles. The molecular weight excluding hydrogens is 491 g/mol. The molecule has 4 aromatic rings. The Balaban J connectivity index is 1.44. The van der Waals surface area contributed by atoms with Gasteiger partial charge < -0.3 is 16.4 Å². The number of fused-ring (bicyclic) bond motifs is 1. The van der Waals surface area contributed by atoms with E-state index in [1.807, 2.05) is 0 Å². The van der Waals surface area contributed by atoms with Crippen LogP contribution in [-0.4, -0.2) is 68.0 Å². The van der Waals surface area contributed by atoms with Gasteiger partial charge in [0, 0.05) is 23.1 Å². The van der Waals surface area contributed by atoms with E-state index in [-0.39, 0.29) is 31.9 Å². The van der Waals surface area contributed by atoms with Gasteiger partial charge in [-0.15, -0.1) is 0 Å². The first-order valence-corrected chi connectivity index (χ1v) is 11.9. The lowest BCUT2D eigenvalue weighted by molar-refractivity contribution is -0.138. The van der Waals surface area contributed by atoms with Crippen molar-refractivity contribution in [1.82, 2.24) is 24.9 Å². The molecule has 4 N–H and O–H groups in total. The van der Waals surface area contributed by atoms with E-state index in [0.29, 0.717) is 16.6 Å². The molecule has 0 spiro atoms. The molecule has 0 unspecified atom stereocenters. The highest BCUT2D eigenvalue weighted by molar-refractivity contribution is 6.05. The Morgan fingerprint density at radius 1 is 1.05 bits per heavy atom. The third-order valence-electron chi connectivity index (χ3n) is 6.56. The van der Waals surface area contributed by atoms with Crippen molar-refractivity contribution >= 4 is 34.3 Å². The largest absolute Gasteiger partial charge is 0.364 e. The predicted octanol–water partition coefficient (Wildman–Crippen LogP) is 1.48. The van der Waals surface area contributed by atoms with Crippen LogP contribution in [0.1, 0.15) is 16.9 Å². The molecule has 3 amide bonds. The summed E-state index contributed by atoms with van der Waals surface area (Å²) >= 11 is 0. The number of aromatic nitrogens is 4. The molecule has 0 bridgehead atoms. The van der Waals surface area contributed by atoms with Gasteiger partial charge in [-0.05, 0) is 35.9 Å². The van der Waals surface area contributed by atoms with E-state index in [4.69, 9.17) is 11.5 Å². The molecule has 38 heavy (non-hydrogen) atoms. The average molecular weight is 517 g/mol. The summed E-state index contributed by atoms with van der Waals surface area (Å²) in [5, 5.41) is 12.4. The summed E-state index contributed by atoms with van der Waals surface area (Å²) < 4.78 is 15.9. The first-order chi connectivity index (χ1) is 18.4. The van der Waals surface area contributed by atoms with Gasteiger partial charge in [-0.1, -0.05) is 24.3 Å². The Hall–Kier alpha value is -4.71. The fourth-order valence-electron chi connectivity index (χ4n) is 4.75. The molecule has 1 aliphatic heterocycles. The molecule has 0 saturated carbocycles. The molecule has 1 aliphatic rings. The number of carbonyl (C=O) groups excluding carboxylic acids is 3. The number of amides is 3. The lowest BCUT2D eigenvalue weighted by Crippen LogP contribution is -2.50. The minimum atomic E-state index is -1.37. The topological polar surface area (TPSA) is 153 Å². The molecule has 12 heteroatoms. The summed E-state index contributed by atoms with van der Waals surface area (Å²) in [5.41, 5.74) is 14.0. The molecule has 0 aliphatic carbocycles. The van der Waals surface area contributed by atoms with Crippen LogP contribution in [0.15, 0.2) is 67.0 Å². The summed E-state index contributed by atoms with van der Waals surface area (Å²) in [7, 11) is 0. The van der Waals surface area contributed by atoms with Crippen LogP contribution in [0.25, 0.3) is 22.0 Å². The van der Waals surface area contributed by atoms with Gasteiger partial charge in [0.2, 0.25) is 5.91 Å². The number of para-hydroxylation sites is 1.